The van der Waals surface area contributed by atoms with E-state index in [0.717, 1.165) is 22.8 Å². The van der Waals surface area contributed by atoms with Crippen LogP contribution in [0.1, 0.15) is 12.0 Å². The zero-order valence-electron chi connectivity index (χ0n) is 15.9. The van der Waals surface area contributed by atoms with E-state index in [9.17, 15) is 22.8 Å². The van der Waals surface area contributed by atoms with Crippen LogP contribution in [0.2, 0.25) is 0 Å². The monoisotopic (exact) mass is 436 g/mol. The second-order valence-electron chi connectivity index (χ2n) is 7.07. The van der Waals surface area contributed by atoms with Gasteiger partial charge in [-0.05, 0) is 24.3 Å². The van der Waals surface area contributed by atoms with Crippen LogP contribution in [-0.2, 0) is 15.8 Å². The molecule has 0 saturated carbocycles. The second kappa shape index (κ2) is 8.17. The Labute approximate surface area is 175 Å². The molecule has 158 valence electrons. The summed E-state index contributed by atoms with van der Waals surface area (Å²) in [5.41, 5.74) is -0.0289. The molecule has 2 aliphatic heterocycles. The standard InChI is InChI=1S/C20H19F3N4O2S/c21-20(22,23)13-5-6-17(24-12-13)26-7-9-27(10-8-26)18(28)11-16-19(29)25-14-3-1-2-4-15(14)30-16/h1-6,12,16H,7-11H2,(H,25,29)/t16-/m0/s1. The lowest BCUT2D eigenvalue weighted by Crippen LogP contribution is -2.50. The van der Waals surface area contributed by atoms with Crippen molar-refractivity contribution in [2.45, 2.75) is 22.7 Å². The summed E-state index contributed by atoms with van der Waals surface area (Å²) in [6.07, 6.45) is -3.49. The zero-order chi connectivity index (χ0) is 21.3. The maximum absolute atomic E-state index is 12.7. The van der Waals surface area contributed by atoms with Gasteiger partial charge in [0.25, 0.3) is 0 Å². The van der Waals surface area contributed by atoms with Crippen LogP contribution in [0.4, 0.5) is 24.7 Å². The number of hydrogen-bond donors (Lipinski definition) is 1. The van der Waals surface area contributed by atoms with E-state index in [-0.39, 0.29) is 18.2 Å². The van der Waals surface area contributed by atoms with E-state index in [2.05, 4.69) is 10.3 Å². The molecule has 0 spiro atoms. The predicted octanol–water partition coefficient (Wildman–Crippen LogP) is 3.25. The van der Waals surface area contributed by atoms with E-state index in [4.69, 9.17) is 0 Å². The van der Waals surface area contributed by atoms with Crippen LogP contribution in [0.5, 0.6) is 0 Å². The third kappa shape index (κ3) is 4.38. The maximum Gasteiger partial charge on any atom is 0.417 e. The smallest absolute Gasteiger partial charge is 0.353 e. The first-order valence-corrected chi connectivity index (χ1v) is 10.3. The molecular formula is C20H19F3N4O2S. The summed E-state index contributed by atoms with van der Waals surface area (Å²) in [6.45, 7) is 1.79. The molecular weight excluding hydrogens is 417 g/mol. The molecule has 1 aromatic carbocycles. The van der Waals surface area contributed by atoms with Crippen LogP contribution < -0.4 is 10.2 Å². The van der Waals surface area contributed by atoms with Crippen molar-refractivity contribution < 1.29 is 22.8 Å². The minimum atomic E-state index is -4.42. The maximum atomic E-state index is 12.7. The summed E-state index contributed by atoms with van der Waals surface area (Å²) < 4.78 is 38.0. The number of carbonyl (C=O) groups is 2. The van der Waals surface area contributed by atoms with Crippen LogP contribution in [0.3, 0.4) is 0 Å². The largest absolute Gasteiger partial charge is 0.417 e. The van der Waals surface area contributed by atoms with E-state index in [1.54, 1.807) is 4.90 Å². The lowest BCUT2D eigenvalue weighted by atomic mass is 10.2. The summed E-state index contributed by atoms with van der Waals surface area (Å²) in [7, 11) is 0. The fourth-order valence-corrected chi connectivity index (χ4v) is 4.54. The lowest BCUT2D eigenvalue weighted by Gasteiger charge is -2.36. The highest BCUT2D eigenvalue weighted by atomic mass is 32.2. The quantitative estimate of drug-likeness (QED) is 0.800. The van der Waals surface area contributed by atoms with E-state index >= 15 is 0 Å². The summed E-state index contributed by atoms with van der Waals surface area (Å²) in [5.74, 6) is 0.163. The first kappa shape index (κ1) is 20.5. The van der Waals surface area contributed by atoms with Gasteiger partial charge >= 0.3 is 6.18 Å². The zero-order valence-corrected chi connectivity index (χ0v) is 16.7. The van der Waals surface area contributed by atoms with Crippen molar-refractivity contribution in [3.05, 3.63) is 48.2 Å². The van der Waals surface area contributed by atoms with Gasteiger partial charge in [-0.1, -0.05) is 12.1 Å². The summed E-state index contributed by atoms with van der Waals surface area (Å²) in [5, 5.41) is 2.35. The molecule has 2 aromatic rings. The van der Waals surface area contributed by atoms with Crippen molar-refractivity contribution in [3.8, 4) is 0 Å². The van der Waals surface area contributed by atoms with Crippen LogP contribution in [0.15, 0.2) is 47.5 Å². The van der Waals surface area contributed by atoms with Crippen molar-refractivity contribution in [3.63, 3.8) is 0 Å². The van der Waals surface area contributed by atoms with E-state index in [0.29, 0.717) is 32.0 Å². The molecule has 1 atom stereocenters. The Bertz CT molecular complexity index is 944. The average Bonchev–Trinajstić information content (AvgIpc) is 2.74. The number of halogens is 3. The Balaban J connectivity index is 1.32. The fraction of sp³-hybridized carbons (Fsp3) is 0.350. The summed E-state index contributed by atoms with van der Waals surface area (Å²) >= 11 is 1.39. The molecule has 2 amide bonds. The first-order chi connectivity index (χ1) is 14.3. The van der Waals surface area contributed by atoms with Gasteiger partial charge in [-0.25, -0.2) is 4.98 Å². The van der Waals surface area contributed by atoms with Crippen LogP contribution in [0.25, 0.3) is 0 Å². The number of amides is 2. The number of anilines is 2. The minimum absolute atomic E-state index is 0.101. The molecule has 0 unspecified atom stereocenters. The van der Waals surface area contributed by atoms with E-state index in [1.165, 1.54) is 17.8 Å². The summed E-state index contributed by atoms with van der Waals surface area (Å²) in [6, 6.07) is 9.82. The Hall–Kier alpha value is -2.75. The van der Waals surface area contributed by atoms with Crippen molar-refractivity contribution >= 4 is 35.1 Å². The van der Waals surface area contributed by atoms with Gasteiger partial charge in [0.05, 0.1) is 16.5 Å². The number of alkyl halides is 3. The molecule has 0 radical (unpaired) electrons. The summed E-state index contributed by atoms with van der Waals surface area (Å²) in [4.78, 5) is 33.4. The number of piperazine rings is 1. The lowest BCUT2D eigenvalue weighted by molar-refractivity contribution is -0.137. The van der Waals surface area contributed by atoms with Gasteiger partial charge in [0.15, 0.2) is 0 Å². The molecule has 6 nitrogen and oxygen atoms in total. The third-order valence-corrected chi connectivity index (χ3v) is 6.37. The van der Waals surface area contributed by atoms with Crippen molar-refractivity contribution in [1.29, 1.82) is 0 Å². The van der Waals surface area contributed by atoms with Gasteiger partial charge < -0.3 is 15.1 Å². The molecule has 2 aliphatic rings. The van der Waals surface area contributed by atoms with Crippen LogP contribution >= 0.6 is 11.8 Å². The van der Waals surface area contributed by atoms with Crippen molar-refractivity contribution in [2.24, 2.45) is 0 Å². The Morgan fingerprint density at radius 3 is 2.53 bits per heavy atom. The second-order valence-corrected chi connectivity index (χ2v) is 8.31. The van der Waals surface area contributed by atoms with Crippen molar-refractivity contribution in [1.82, 2.24) is 9.88 Å². The molecule has 1 aromatic heterocycles. The normalized spacial score (nSPS) is 19.3. The Kier molecular flexibility index (Phi) is 5.59. The topological polar surface area (TPSA) is 65.5 Å². The number of thioether (sulfide) groups is 1. The fourth-order valence-electron chi connectivity index (χ4n) is 3.44. The first-order valence-electron chi connectivity index (χ1n) is 9.44. The molecule has 10 heteroatoms. The number of hydrogen-bond acceptors (Lipinski definition) is 5. The number of benzene rings is 1. The number of nitrogens with one attached hydrogen (secondary N) is 1. The van der Waals surface area contributed by atoms with Gasteiger partial charge in [-0.3, -0.25) is 9.59 Å². The minimum Gasteiger partial charge on any atom is -0.353 e. The van der Waals surface area contributed by atoms with Gasteiger partial charge in [-0.2, -0.15) is 13.2 Å². The molecule has 4 rings (SSSR count). The highest BCUT2D eigenvalue weighted by Gasteiger charge is 2.33. The average molecular weight is 436 g/mol. The molecule has 0 bridgehead atoms. The molecule has 1 saturated heterocycles. The number of aromatic nitrogens is 1. The van der Waals surface area contributed by atoms with Gasteiger partial charge in [0, 0.05) is 43.7 Å². The number of pyridine rings is 1. The SMILES string of the molecule is O=C1Nc2ccccc2S[C@H]1CC(=O)N1CCN(c2ccc(C(F)(F)F)cn2)CC1. The van der Waals surface area contributed by atoms with Gasteiger partial charge in [0.1, 0.15) is 5.82 Å². The van der Waals surface area contributed by atoms with E-state index < -0.39 is 17.0 Å². The number of fused-ring (bicyclic) bond motifs is 1. The molecule has 1 N–H and O–H groups in total. The van der Waals surface area contributed by atoms with E-state index in [1.807, 2.05) is 29.2 Å². The highest BCUT2D eigenvalue weighted by Crippen LogP contribution is 2.37. The predicted molar refractivity (Wildman–Crippen MR) is 107 cm³/mol. The number of rotatable bonds is 3. The molecule has 30 heavy (non-hydrogen) atoms. The van der Waals surface area contributed by atoms with Gasteiger partial charge in [-0.15, -0.1) is 11.8 Å². The molecule has 1 fully saturated rings. The van der Waals surface area contributed by atoms with Crippen LogP contribution in [-0.4, -0.2) is 53.1 Å². The van der Waals surface area contributed by atoms with Crippen molar-refractivity contribution in [2.75, 3.05) is 36.4 Å². The molecule has 3 heterocycles. The van der Waals surface area contributed by atoms with Gasteiger partial charge in [0.2, 0.25) is 11.8 Å². The Morgan fingerprint density at radius 1 is 1.13 bits per heavy atom. The van der Waals surface area contributed by atoms with Crippen LogP contribution in [0, 0.1) is 0 Å². The number of nitrogens with zero attached hydrogens (tertiary/aromatic N) is 3. The number of carbonyl (C=O) groups excluding carboxylic acids is 2. The number of para-hydroxylation sites is 1. The Morgan fingerprint density at radius 2 is 1.87 bits per heavy atom. The highest BCUT2D eigenvalue weighted by molar-refractivity contribution is 8.01. The molecule has 0 aliphatic carbocycles. The third-order valence-electron chi connectivity index (χ3n) is 5.10.